The van der Waals surface area contributed by atoms with Crippen LogP contribution in [0.2, 0.25) is 0 Å². The first-order valence-corrected chi connectivity index (χ1v) is 9.61. The van der Waals surface area contributed by atoms with Gasteiger partial charge in [-0.25, -0.2) is 14.8 Å². The predicted molar refractivity (Wildman–Crippen MR) is 110 cm³/mol. The first-order chi connectivity index (χ1) is 13.5. The van der Waals surface area contributed by atoms with Gasteiger partial charge in [0.15, 0.2) is 11.5 Å². The molecular formula is C20H23N3O4S. The SMILES string of the molecule is COC(=O)c1sc2nc(C)nc(NCCc3ccc(OC)c(OC)c3)c2c1C. The van der Waals surface area contributed by atoms with Crippen LogP contribution in [0.5, 0.6) is 11.5 Å². The minimum Gasteiger partial charge on any atom is -0.493 e. The average Bonchev–Trinajstić information content (AvgIpc) is 3.03. The molecule has 0 aliphatic rings. The number of nitrogens with zero attached hydrogens (tertiary/aromatic N) is 2. The summed E-state index contributed by atoms with van der Waals surface area (Å²) in [6, 6.07) is 5.87. The van der Waals surface area contributed by atoms with Crippen LogP contribution in [0.3, 0.4) is 0 Å². The Morgan fingerprint density at radius 2 is 1.86 bits per heavy atom. The Labute approximate surface area is 167 Å². The molecule has 2 aromatic heterocycles. The molecule has 0 aliphatic heterocycles. The van der Waals surface area contributed by atoms with Crippen molar-refractivity contribution in [2.45, 2.75) is 20.3 Å². The summed E-state index contributed by atoms with van der Waals surface area (Å²) >= 11 is 1.33. The molecule has 0 aliphatic carbocycles. The average molecular weight is 401 g/mol. The lowest BCUT2D eigenvalue weighted by Gasteiger charge is -2.11. The van der Waals surface area contributed by atoms with Gasteiger partial charge in [0.05, 0.1) is 26.7 Å². The summed E-state index contributed by atoms with van der Waals surface area (Å²) in [6.07, 6.45) is 0.776. The molecule has 2 heterocycles. The van der Waals surface area contributed by atoms with Gasteiger partial charge in [0.1, 0.15) is 21.3 Å². The number of rotatable bonds is 7. The van der Waals surface area contributed by atoms with Crippen LogP contribution in [0.25, 0.3) is 10.2 Å². The van der Waals surface area contributed by atoms with E-state index in [4.69, 9.17) is 14.2 Å². The van der Waals surface area contributed by atoms with E-state index in [1.165, 1.54) is 18.4 Å². The van der Waals surface area contributed by atoms with E-state index in [2.05, 4.69) is 15.3 Å². The van der Waals surface area contributed by atoms with Crippen molar-refractivity contribution in [3.63, 3.8) is 0 Å². The lowest BCUT2D eigenvalue weighted by molar-refractivity contribution is 0.0605. The van der Waals surface area contributed by atoms with E-state index in [-0.39, 0.29) is 5.97 Å². The standard InChI is InChI=1S/C20H23N3O4S/c1-11-16-18(22-12(2)23-19(16)28-17(11)20(24)27-5)21-9-8-13-6-7-14(25-3)15(10-13)26-4/h6-7,10H,8-9H2,1-5H3,(H,21,22,23). The van der Waals surface area contributed by atoms with Crippen molar-refractivity contribution in [3.8, 4) is 11.5 Å². The van der Waals surface area contributed by atoms with Crippen LogP contribution in [0.4, 0.5) is 5.82 Å². The number of aromatic nitrogens is 2. The van der Waals surface area contributed by atoms with Gasteiger partial charge in [-0.2, -0.15) is 0 Å². The molecular weight excluding hydrogens is 378 g/mol. The Morgan fingerprint density at radius 1 is 1.11 bits per heavy atom. The molecule has 0 radical (unpaired) electrons. The van der Waals surface area contributed by atoms with Gasteiger partial charge in [0.25, 0.3) is 0 Å². The molecule has 28 heavy (non-hydrogen) atoms. The largest absolute Gasteiger partial charge is 0.493 e. The van der Waals surface area contributed by atoms with E-state index < -0.39 is 0 Å². The number of esters is 1. The minimum atomic E-state index is -0.352. The molecule has 0 bridgehead atoms. The summed E-state index contributed by atoms with van der Waals surface area (Å²) < 4.78 is 15.5. The highest BCUT2D eigenvalue weighted by Gasteiger charge is 2.20. The van der Waals surface area contributed by atoms with Gasteiger partial charge in [-0.15, -0.1) is 11.3 Å². The lowest BCUT2D eigenvalue weighted by Crippen LogP contribution is -2.08. The molecule has 0 saturated heterocycles. The van der Waals surface area contributed by atoms with Crippen molar-refractivity contribution < 1.29 is 19.0 Å². The maximum Gasteiger partial charge on any atom is 0.348 e. The topological polar surface area (TPSA) is 82.6 Å². The van der Waals surface area contributed by atoms with Crippen LogP contribution >= 0.6 is 11.3 Å². The molecule has 0 saturated carbocycles. The predicted octanol–water partition coefficient (Wildman–Crippen LogP) is 3.77. The quantitative estimate of drug-likeness (QED) is 0.604. The van der Waals surface area contributed by atoms with Crippen molar-refractivity contribution in [2.75, 3.05) is 33.2 Å². The number of methoxy groups -OCH3 is 3. The van der Waals surface area contributed by atoms with E-state index in [9.17, 15) is 4.79 Å². The highest BCUT2D eigenvalue weighted by molar-refractivity contribution is 7.20. The number of carbonyl (C=O) groups is 1. The van der Waals surface area contributed by atoms with Gasteiger partial charge in [-0.3, -0.25) is 0 Å². The monoisotopic (exact) mass is 401 g/mol. The highest BCUT2D eigenvalue weighted by Crippen LogP contribution is 2.34. The number of fused-ring (bicyclic) bond motifs is 1. The molecule has 148 valence electrons. The molecule has 0 fully saturated rings. The van der Waals surface area contributed by atoms with Crippen LogP contribution in [0.1, 0.15) is 26.6 Å². The number of aryl methyl sites for hydroxylation is 2. The number of ether oxygens (including phenoxy) is 3. The summed E-state index contributed by atoms with van der Waals surface area (Å²) in [4.78, 5) is 22.4. The normalized spacial score (nSPS) is 10.8. The molecule has 0 amide bonds. The molecule has 1 N–H and O–H groups in total. The Morgan fingerprint density at radius 3 is 2.54 bits per heavy atom. The summed E-state index contributed by atoms with van der Waals surface area (Å²) in [5.74, 6) is 2.44. The van der Waals surface area contributed by atoms with Gasteiger partial charge < -0.3 is 19.5 Å². The van der Waals surface area contributed by atoms with Gasteiger partial charge in [-0.05, 0) is 43.5 Å². The van der Waals surface area contributed by atoms with E-state index in [0.717, 1.165) is 33.6 Å². The van der Waals surface area contributed by atoms with Crippen molar-refractivity contribution in [1.82, 2.24) is 9.97 Å². The van der Waals surface area contributed by atoms with Crippen LogP contribution in [-0.2, 0) is 11.2 Å². The molecule has 0 unspecified atom stereocenters. The molecule has 1 aromatic carbocycles. The van der Waals surface area contributed by atoms with Crippen LogP contribution in [0.15, 0.2) is 18.2 Å². The van der Waals surface area contributed by atoms with Crippen molar-refractivity contribution in [2.24, 2.45) is 0 Å². The van der Waals surface area contributed by atoms with E-state index in [1.54, 1.807) is 14.2 Å². The third-order valence-corrected chi connectivity index (χ3v) is 5.59. The Balaban J connectivity index is 1.83. The van der Waals surface area contributed by atoms with Crippen molar-refractivity contribution >= 4 is 33.3 Å². The fraction of sp³-hybridized carbons (Fsp3) is 0.350. The highest BCUT2D eigenvalue weighted by atomic mass is 32.1. The zero-order valence-corrected chi connectivity index (χ0v) is 17.4. The van der Waals surface area contributed by atoms with Gasteiger partial charge >= 0.3 is 5.97 Å². The number of hydrogen-bond donors (Lipinski definition) is 1. The molecule has 7 nitrogen and oxygen atoms in total. The van der Waals surface area contributed by atoms with Gasteiger partial charge in [0.2, 0.25) is 0 Å². The molecule has 8 heteroatoms. The second-order valence-corrected chi connectivity index (χ2v) is 7.21. The number of thiophene rings is 1. The van der Waals surface area contributed by atoms with Crippen LogP contribution in [-0.4, -0.2) is 43.8 Å². The fourth-order valence-corrected chi connectivity index (χ4v) is 4.17. The number of benzene rings is 1. The van der Waals surface area contributed by atoms with Crippen molar-refractivity contribution in [3.05, 3.63) is 40.0 Å². The maximum absolute atomic E-state index is 12.0. The zero-order valence-electron chi connectivity index (χ0n) is 16.6. The molecule has 0 atom stereocenters. The number of anilines is 1. The summed E-state index contributed by atoms with van der Waals surface area (Å²) in [5, 5.41) is 4.25. The Hall–Kier alpha value is -2.87. The van der Waals surface area contributed by atoms with Crippen LogP contribution < -0.4 is 14.8 Å². The number of nitrogens with one attached hydrogen (secondary N) is 1. The second kappa shape index (κ2) is 8.43. The Kier molecular flexibility index (Phi) is 5.99. The summed E-state index contributed by atoms with van der Waals surface area (Å²) in [5.41, 5.74) is 1.95. The zero-order chi connectivity index (χ0) is 20.3. The Bertz CT molecular complexity index is 1020. The maximum atomic E-state index is 12.0. The van der Waals surface area contributed by atoms with Gasteiger partial charge in [-0.1, -0.05) is 6.07 Å². The van der Waals surface area contributed by atoms with Crippen LogP contribution in [0, 0.1) is 13.8 Å². The minimum absolute atomic E-state index is 0.352. The second-order valence-electron chi connectivity index (χ2n) is 6.21. The third-order valence-electron chi connectivity index (χ3n) is 4.43. The molecule has 0 spiro atoms. The third kappa shape index (κ3) is 3.87. The molecule has 3 aromatic rings. The lowest BCUT2D eigenvalue weighted by atomic mass is 10.1. The number of carbonyl (C=O) groups excluding carboxylic acids is 1. The van der Waals surface area contributed by atoms with E-state index >= 15 is 0 Å². The summed E-state index contributed by atoms with van der Waals surface area (Å²) in [6.45, 7) is 4.40. The summed E-state index contributed by atoms with van der Waals surface area (Å²) in [7, 11) is 4.62. The van der Waals surface area contributed by atoms with E-state index in [1.807, 2.05) is 32.0 Å². The first-order valence-electron chi connectivity index (χ1n) is 8.79. The van der Waals surface area contributed by atoms with E-state index in [0.29, 0.717) is 28.7 Å². The first kappa shape index (κ1) is 19.9. The fourth-order valence-electron chi connectivity index (χ4n) is 3.02. The number of hydrogen-bond acceptors (Lipinski definition) is 8. The smallest absolute Gasteiger partial charge is 0.348 e. The van der Waals surface area contributed by atoms with Crippen molar-refractivity contribution in [1.29, 1.82) is 0 Å². The molecule has 3 rings (SSSR count). The van der Waals surface area contributed by atoms with Gasteiger partial charge in [0, 0.05) is 6.54 Å².